The number of nitrogens with one attached hydrogen (secondary N) is 1. The number of likely N-dealkylation sites (tertiary alicyclic amines) is 1. The molecule has 3 rings (SSSR count). The zero-order chi connectivity index (χ0) is 13.9. The molecule has 0 aromatic heterocycles. The number of hydrogen-bond donors (Lipinski definition) is 1. The van der Waals surface area contributed by atoms with Crippen LogP contribution < -0.4 is 5.32 Å². The summed E-state index contributed by atoms with van der Waals surface area (Å²) in [5.41, 5.74) is 2.67. The van der Waals surface area contributed by atoms with E-state index in [4.69, 9.17) is 0 Å². The van der Waals surface area contributed by atoms with E-state index in [1.807, 2.05) is 4.90 Å². The van der Waals surface area contributed by atoms with Crippen LogP contribution in [0.15, 0.2) is 24.3 Å². The Labute approximate surface area is 120 Å². The van der Waals surface area contributed by atoms with Gasteiger partial charge in [0.1, 0.15) is 0 Å². The minimum absolute atomic E-state index is 0.106. The van der Waals surface area contributed by atoms with E-state index >= 15 is 0 Å². The van der Waals surface area contributed by atoms with E-state index in [0.717, 1.165) is 45.4 Å². The highest BCUT2D eigenvalue weighted by atomic mass is 16.2. The molecule has 1 aromatic rings. The monoisotopic (exact) mass is 273 g/mol. The Hall–Kier alpha value is -1.55. The van der Waals surface area contributed by atoms with Gasteiger partial charge >= 0.3 is 6.03 Å². The lowest BCUT2D eigenvalue weighted by Crippen LogP contribution is -2.49. The van der Waals surface area contributed by atoms with Crippen molar-refractivity contribution in [3.05, 3.63) is 35.4 Å². The van der Waals surface area contributed by atoms with Crippen LogP contribution in [0.3, 0.4) is 0 Å². The first-order chi connectivity index (χ1) is 9.72. The molecular weight excluding hydrogens is 250 g/mol. The highest BCUT2D eigenvalue weighted by Gasteiger charge is 2.24. The number of hydrogen-bond acceptors (Lipinski definition) is 2. The number of carbonyl (C=O) groups excluding carboxylic acids is 1. The number of rotatable bonds is 1. The molecule has 2 heterocycles. The first-order valence-corrected chi connectivity index (χ1v) is 7.53. The molecule has 2 aliphatic rings. The van der Waals surface area contributed by atoms with Crippen LogP contribution in [-0.2, 0) is 13.0 Å². The Bertz CT molecular complexity index is 480. The Morgan fingerprint density at radius 1 is 1.15 bits per heavy atom. The number of urea groups is 1. The predicted octanol–water partition coefficient (Wildman–Crippen LogP) is 1.85. The molecule has 1 saturated heterocycles. The third kappa shape index (κ3) is 2.96. The van der Waals surface area contributed by atoms with Gasteiger partial charge in [0.15, 0.2) is 0 Å². The van der Waals surface area contributed by atoms with Crippen LogP contribution in [0.25, 0.3) is 0 Å². The molecule has 2 aliphatic heterocycles. The summed E-state index contributed by atoms with van der Waals surface area (Å²) < 4.78 is 0. The van der Waals surface area contributed by atoms with E-state index in [1.165, 1.54) is 11.1 Å². The van der Waals surface area contributed by atoms with Crippen molar-refractivity contribution in [2.45, 2.75) is 31.8 Å². The zero-order valence-electron chi connectivity index (χ0n) is 12.1. The molecule has 20 heavy (non-hydrogen) atoms. The van der Waals surface area contributed by atoms with Gasteiger partial charge in [0, 0.05) is 19.1 Å². The van der Waals surface area contributed by atoms with Crippen LogP contribution in [0.1, 0.15) is 24.0 Å². The van der Waals surface area contributed by atoms with Crippen molar-refractivity contribution >= 4 is 6.03 Å². The van der Waals surface area contributed by atoms with Gasteiger partial charge in [-0.1, -0.05) is 24.3 Å². The quantitative estimate of drug-likeness (QED) is 0.847. The molecule has 0 bridgehead atoms. The van der Waals surface area contributed by atoms with Gasteiger partial charge in [-0.15, -0.1) is 0 Å². The lowest BCUT2D eigenvalue weighted by molar-refractivity contribution is 0.176. The molecule has 1 aromatic carbocycles. The maximum absolute atomic E-state index is 12.4. The lowest BCUT2D eigenvalue weighted by Gasteiger charge is -2.33. The average molecular weight is 273 g/mol. The van der Waals surface area contributed by atoms with E-state index < -0.39 is 0 Å². The first-order valence-electron chi connectivity index (χ1n) is 7.53. The molecular formula is C16H23N3O. The number of amides is 2. The minimum atomic E-state index is 0.106. The fourth-order valence-electron chi connectivity index (χ4n) is 3.09. The molecule has 4 nitrogen and oxygen atoms in total. The van der Waals surface area contributed by atoms with Crippen LogP contribution in [0.5, 0.6) is 0 Å². The predicted molar refractivity (Wildman–Crippen MR) is 79.6 cm³/mol. The Morgan fingerprint density at radius 3 is 2.60 bits per heavy atom. The number of fused-ring (bicyclic) bond motifs is 1. The van der Waals surface area contributed by atoms with Gasteiger partial charge in [-0.25, -0.2) is 4.79 Å². The fraction of sp³-hybridized carbons (Fsp3) is 0.562. The van der Waals surface area contributed by atoms with Gasteiger partial charge in [-0.05, 0) is 50.5 Å². The highest BCUT2D eigenvalue weighted by molar-refractivity contribution is 5.75. The van der Waals surface area contributed by atoms with Crippen molar-refractivity contribution in [1.82, 2.24) is 15.1 Å². The molecule has 0 atom stereocenters. The van der Waals surface area contributed by atoms with Gasteiger partial charge in [0.2, 0.25) is 0 Å². The Kier molecular flexibility index (Phi) is 3.92. The summed E-state index contributed by atoms with van der Waals surface area (Å²) in [7, 11) is 2.14. The van der Waals surface area contributed by atoms with Crippen LogP contribution >= 0.6 is 0 Å². The van der Waals surface area contributed by atoms with Crippen molar-refractivity contribution in [2.75, 3.05) is 26.7 Å². The second-order valence-electron chi connectivity index (χ2n) is 5.97. The number of carbonyl (C=O) groups is 1. The van der Waals surface area contributed by atoms with Gasteiger partial charge in [0.25, 0.3) is 0 Å². The maximum atomic E-state index is 12.4. The normalized spacial score (nSPS) is 20.6. The zero-order valence-corrected chi connectivity index (χ0v) is 12.1. The first kappa shape index (κ1) is 13.4. The lowest BCUT2D eigenvalue weighted by atomic mass is 10.00. The van der Waals surface area contributed by atoms with Gasteiger partial charge in [-0.3, -0.25) is 0 Å². The summed E-state index contributed by atoms with van der Waals surface area (Å²) in [5.74, 6) is 0. The third-order valence-electron chi connectivity index (χ3n) is 4.46. The number of piperidine rings is 1. The molecule has 0 aliphatic carbocycles. The standard InChI is InChI=1S/C16H23N3O/c1-18-9-7-15(8-10-18)17-16(20)19-11-6-13-4-2-3-5-14(13)12-19/h2-5,15H,6-12H2,1H3,(H,17,20). The van der Waals surface area contributed by atoms with E-state index in [0.29, 0.717) is 6.04 Å². The van der Waals surface area contributed by atoms with Crippen LogP contribution in [0.4, 0.5) is 4.79 Å². The Morgan fingerprint density at radius 2 is 1.85 bits per heavy atom. The van der Waals surface area contributed by atoms with Crippen LogP contribution in [0.2, 0.25) is 0 Å². The van der Waals surface area contributed by atoms with Crippen molar-refractivity contribution in [1.29, 1.82) is 0 Å². The number of nitrogens with zero attached hydrogens (tertiary/aromatic N) is 2. The average Bonchev–Trinajstić information content (AvgIpc) is 2.49. The molecule has 2 amide bonds. The second kappa shape index (κ2) is 5.83. The Balaban J connectivity index is 1.56. The summed E-state index contributed by atoms with van der Waals surface area (Å²) >= 11 is 0. The summed E-state index contributed by atoms with van der Waals surface area (Å²) in [6.07, 6.45) is 3.09. The maximum Gasteiger partial charge on any atom is 0.317 e. The summed E-state index contributed by atoms with van der Waals surface area (Å²) in [5, 5.41) is 3.20. The molecule has 108 valence electrons. The minimum Gasteiger partial charge on any atom is -0.335 e. The molecule has 1 fully saturated rings. The largest absolute Gasteiger partial charge is 0.335 e. The second-order valence-corrected chi connectivity index (χ2v) is 5.97. The van der Waals surface area contributed by atoms with Crippen molar-refractivity contribution in [2.24, 2.45) is 0 Å². The molecule has 4 heteroatoms. The van der Waals surface area contributed by atoms with E-state index in [9.17, 15) is 4.79 Å². The van der Waals surface area contributed by atoms with Gasteiger partial charge in [0.05, 0.1) is 0 Å². The van der Waals surface area contributed by atoms with E-state index in [2.05, 4.69) is 41.5 Å². The molecule has 0 saturated carbocycles. The van der Waals surface area contributed by atoms with Crippen LogP contribution in [-0.4, -0.2) is 48.6 Å². The summed E-state index contributed by atoms with van der Waals surface area (Å²) in [6, 6.07) is 8.88. The fourth-order valence-corrected chi connectivity index (χ4v) is 3.09. The van der Waals surface area contributed by atoms with Crippen molar-refractivity contribution < 1.29 is 4.79 Å². The smallest absolute Gasteiger partial charge is 0.317 e. The summed E-state index contributed by atoms with van der Waals surface area (Å²) in [4.78, 5) is 16.6. The SMILES string of the molecule is CN1CCC(NC(=O)N2CCc3ccccc3C2)CC1. The molecule has 0 radical (unpaired) electrons. The summed E-state index contributed by atoms with van der Waals surface area (Å²) in [6.45, 7) is 3.73. The molecule has 0 spiro atoms. The van der Waals surface area contributed by atoms with Crippen molar-refractivity contribution in [3.8, 4) is 0 Å². The third-order valence-corrected chi connectivity index (χ3v) is 4.46. The van der Waals surface area contributed by atoms with Crippen LogP contribution in [0, 0.1) is 0 Å². The van der Waals surface area contributed by atoms with Gasteiger partial charge < -0.3 is 15.1 Å². The molecule has 0 unspecified atom stereocenters. The molecule has 1 N–H and O–H groups in total. The highest BCUT2D eigenvalue weighted by Crippen LogP contribution is 2.19. The van der Waals surface area contributed by atoms with E-state index in [1.54, 1.807) is 0 Å². The number of benzene rings is 1. The van der Waals surface area contributed by atoms with Crippen molar-refractivity contribution in [3.63, 3.8) is 0 Å². The topological polar surface area (TPSA) is 35.6 Å². The van der Waals surface area contributed by atoms with Gasteiger partial charge in [-0.2, -0.15) is 0 Å². The van der Waals surface area contributed by atoms with E-state index in [-0.39, 0.29) is 6.03 Å².